The number of unbranched alkanes of at least 4 members (excludes halogenated alkanes) is 13. The van der Waals surface area contributed by atoms with Gasteiger partial charge in [0.1, 0.15) is 6.10 Å². The number of carbonyl (C=O) groups excluding carboxylic acids is 1. The maximum atomic E-state index is 12.4. The summed E-state index contributed by atoms with van der Waals surface area (Å²) < 4.78 is 32.0. The van der Waals surface area contributed by atoms with Gasteiger partial charge in [0.2, 0.25) is 5.91 Å². The lowest BCUT2D eigenvalue weighted by atomic mass is 10.0. The zero-order valence-electron chi connectivity index (χ0n) is 22.3. The van der Waals surface area contributed by atoms with Gasteiger partial charge < -0.3 is 15.5 Å². The molecule has 0 aromatic heterocycles. The number of hydrogen-bond donors (Lipinski definition) is 4. The number of rotatable bonds is 24. The molecule has 0 saturated carbocycles. The molecule has 0 aromatic rings. The molecule has 1 amide bonds. The number of aliphatic hydroxyl groups is 2. The molecule has 0 heterocycles. The minimum Gasteiger partial charge on any atom is -0.391 e. The Morgan fingerprint density at radius 2 is 1.20 bits per heavy atom. The summed E-state index contributed by atoms with van der Waals surface area (Å²) in [5, 5.41) is 23.0. The first-order chi connectivity index (χ1) is 16.7. The van der Waals surface area contributed by atoms with Crippen molar-refractivity contribution in [1.29, 1.82) is 0 Å². The fraction of sp³-hybridized carbons (Fsp3) is 0.889. The fourth-order valence-corrected chi connectivity index (χ4v) is 4.86. The molecule has 0 aliphatic heterocycles. The lowest BCUT2D eigenvalue weighted by molar-refractivity contribution is -0.131. The SMILES string of the molecule is CCCCCCCC/C=C\CCCCC(O)C(=O)NC(CS(=O)(=O)O)C(O)CCCCCCCC. The first-order valence-electron chi connectivity index (χ1n) is 14.0. The van der Waals surface area contributed by atoms with Gasteiger partial charge in [-0.1, -0.05) is 103 Å². The first-order valence-corrected chi connectivity index (χ1v) is 15.6. The monoisotopic (exact) mass is 519 g/mol. The molecule has 0 radical (unpaired) electrons. The van der Waals surface area contributed by atoms with Crippen molar-refractivity contribution in [2.24, 2.45) is 0 Å². The maximum Gasteiger partial charge on any atom is 0.266 e. The van der Waals surface area contributed by atoms with Crippen LogP contribution in [0.1, 0.15) is 129 Å². The van der Waals surface area contributed by atoms with E-state index in [2.05, 4.69) is 31.3 Å². The molecule has 0 aliphatic carbocycles. The highest BCUT2D eigenvalue weighted by Crippen LogP contribution is 2.13. The summed E-state index contributed by atoms with van der Waals surface area (Å²) in [4.78, 5) is 12.4. The molecule has 0 aliphatic rings. The van der Waals surface area contributed by atoms with Crippen molar-refractivity contribution in [2.75, 3.05) is 5.75 Å². The highest BCUT2D eigenvalue weighted by atomic mass is 32.2. The molecule has 8 heteroatoms. The molecule has 7 nitrogen and oxygen atoms in total. The second-order valence-electron chi connectivity index (χ2n) is 9.82. The lowest BCUT2D eigenvalue weighted by Crippen LogP contribution is -2.50. The van der Waals surface area contributed by atoms with Crippen LogP contribution in [0, 0.1) is 0 Å². The van der Waals surface area contributed by atoms with Crippen molar-refractivity contribution in [3.8, 4) is 0 Å². The van der Waals surface area contributed by atoms with E-state index in [0.29, 0.717) is 19.3 Å². The average Bonchev–Trinajstić information content (AvgIpc) is 2.80. The van der Waals surface area contributed by atoms with Crippen molar-refractivity contribution < 1.29 is 28.0 Å². The third kappa shape index (κ3) is 22.0. The van der Waals surface area contributed by atoms with Crippen LogP contribution in [0.4, 0.5) is 0 Å². The van der Waals surface area contributed by atoms with E-state index in [-0.39, 0.29) is 6.42 Å². The van der Waals surface area contributed by atoms with Crippen LogP contribution in [-0.4, -0.2) is 53.1 Å². The van der Waals surface area contributed by atoms with Crippen molar-refractivity contribution in [3.05, 3.63) is 12.2 Å². The molecule has 0 saturated heterocycles. The molecule has 3 unspecified atom stereocenters. The van der Waals surface area contributed by atoms with E-state index in [4.69, 9.17) is 0 Å². The fourth-order valence-electron chi connectivity index (χ4n) is 4.10. The Kier molecular flexibility index (Phi) is 21.6. The van der Waals surface area contributed by atoms with Crippen LogP contribution in [0.3, 0.4) is 0 Å². The molecule has 0 rings (SSSR count). The highest BCUT2D eigenvalue weighted by molar-refractivity contribution is 7.85. The number of carbonyl (C=O) groups is 1. The maximum absolute atomic E-state index is 12.4. The van der Waals surface area contributed by atoms with E-state index in [0.717, 1.165) is 51.4 Å². The van der Waals surface area contributed by atoms with Crippen LogP contribution in [-0.2, 0) is 14.9 Å². The van der Waals surface area contributed by atoms with Gasteiger partial charge in [0, 0.05) is 0 Å². The Balaban J connectivity index is 4.22. The van der Waals surface area contributed by atoms with Crippen LogP contribution in [0.25, 0.3) is 0 Å². The standard InChI is InChI=1S/C27H53NO6S/c1-3-5-7-9-11-12-13-14-15-16-18-20-22-26(30)27(31)28-24(23-35(32,33)34)25(29)21-19-17-10-8-6-4-2/h14-15,24-26,29-30H,3-13,16-23H2,1-2H3,(H,28,31)(H,32,33,34)/b15-14-. The van der Waals surface area contributed by atoms with Crippen LogP contribution in [0.15, 0.2) is 12.2 Å². The third-order valence-corrected chi connectivity index (χ3v) is 7.11. The van der Waals surface area contributed by atoms with Crippen molar-refractivity contribution >= 4 is 16.0 Å². The quantitative estimate of drug-likeness (QED) is 0.0737. The molecular weight excluding hydrogens is 466 g/mol. The Bertz CT molecular complexity index is 638. The lowest BCUT2D eigenvalue weighted by Gasteiger charge is -2.24. The molecule has 4 N–H and O–H groups in total. The van der Waals surface area contributed by atoms with Gasteiger partial charge in [-0.05, 0) is 38.5 Å². The molecule has 208 valence electrons. The second-order valence-corrected chi connectivity index (χ2v) is 11.3. The zero-order chi connectivity index (χ0) is 26.4. The van der Waals surface area contributed by atoms with Gasteiger partial charge in [0.15, 0.2) is 0 Å². The van der Waals surface area contributed by atoms with Gasteiger partial charge in [-0.25, -0.2) is 0 Å². The third-order valence-electron chi connectivity index (χ3n) is 6.33. The summed E-state index contributed by atoms with van der Waals surface area (Å²) in [6.45, 7) is 4.35. The molecule has 0 spiro atoms. The topological polar surface area (TPSA) is 124 Å². The molecule has 0 fully saturated rings. The minimum atomic E-state index is -4.39. The minimum absolute atomic E-state index is 0.267. The first kappa shape index (κ1) is 34.0. The van der Waals surface area contributed by atoms with Crippen LogP contribution < -0.4 is 5.32 Å². The average molecular weight is 520 g/mol. The van der Waals surface area contributed by atoms with Crippen LogP contribution in [0.2, 0.25) is 0 Å². The van der Waals surface area contributed by atoms with Crippen molar-refractivity contribution in [3.63, 3.8) is 0 Å². The second kappa shape index (κ2) is 22.3. The normalized spacial score (nSPS) is 14.8. The Morgan fingerprint density at radius 3 is 1.74 bits per heavy atom. The molecule has 0 aromatic carbocycles. The van der Waals surface area contributed by atoms with E-state index in [9.17, 15) is 28.0 Å². The Morgan fingerprint density at radius 1 is 0.743 bits per heavy atom. The van der Waals surface area contributed by atoms with E-state index < -0.39 is 40.0 Å². The summed E-state index contributed by atoms with van der Waals surface area (Å²) in [6.07, 6.45) is 19.9. The molecule has 35 heavy (non-hydrogen) atoms. The van der Waals surface area contributed by atoms with E-state index >= 15 is 0 Å². The van der Waals surface area contributed by atoms with Gasteiger partial charge in [-0.3, -0.25) is 9.35 Å². The predicted molar refractivity (Wildman–Crippen MR) is 144 cm³/mol. The van der Waals surface area contributed by atoms with E-state index in [1.165, 1.54) is 38.5 Å². The van der Waals surface area contributed by atoms with Crippen LogP contribution in [0.5, 0.6) is 0 Å². The smallest absolute Gasteiger partial charge is 0.266 e. The zero-order valence-corrected chi connectivity index (χ0v) is 23.1. The molecule has 3 atom stereocenters. The van der Waals surface area contributed by atoms with Crippen molar-refractivity contribution in [2.45, 2.75) is 148 Å². The van der Waals surface area contributed by atoms with Crippen molar-refractivity contribution in [1.82, 2.24) is 5.32 Å². The summed E-state index contributed by atoms with van der Waals surface area (Å²) in [7, 11) is -4.39. The summed E-state index contributed by atoms with van der Waals surface area (Å²) in [5.74, 6) is -1.48. The number of aliphatic hydroxyl groups excluding tert-OH is 2. The van der Waals surface area contributed by atoms with Gasteiger partial charge in [0.25, 0.3) is 10.1 Å². The molecular formula is C27H53NO6S. The Hall–Kier alpha value is -0.960. The van der Waals surface area contributed by atoms with Crippen LogP contribution >= 0.6 is 0 Å². The summed E-state index contributed by atoms with van der Waals surface area (Å²) in [6, 6.07) is -1.15. The van der Waals surface area contributed by atoms with E-state index in [1.54, 1.807) is 0 Å². The highest BCUT2D eigenvalue weighted by Gasteiger charge is 2.28. The van der Waals surface area contributed by atoms with Gasteiger partial charge in [-0.2, -0.15) is 8.42 Å². The summed E-state index contributed by atoms with van der Waals surface area (Å²) in [5.41, 5.74) is 0. The number of amides is 1. The van der Waals surface area contributed by atoms with Gasteiger partial charge in [-0.15, -0.1) is 0 Å². The predicted octanol–water partition coefficient (Wildman–Crippen LogP) is 5.70. The number of hydrogen-bond acceptors (Lipinski definition) is 5. The number of nitrogens with one attached hydrogen (secondary N) is 1. The molecule has 0 bridgehead atoms. The van der Waals surface area contributed by atoms with E-state index in [1.807, 2.05) is 0 Å². The van der Waals surface area contributed by atoms with Gasteiger partial charge in [0.05, 0.1) is 17.9 Å². The Labute approximate surface area is 214 Å². The largest absolute Gasteiger partial charge is 0.391 e. The summed E-state index contributed by atoms with van der Waals surface area (Å²) >= 11 is 0. The van der Waals surface area contributed by atoms with Gasteiger partial charge >= 0.3 is 0 Å². The number of allylic oxidation sites excluding steroid dienone is 2.